The van der Waals surface area contributed by atoms with Crippen molar-refractivity contribution in [2.75, 3.05) is 0 Å². The second-order valence-electron chi connectivity index (χ2n) is 2.87. The van der Waals surface area contributed by atoms with Crippen molar-refractivity contribution in [3.8, 4) is 0 Å². The highest BCUT2D eigenvalue weighted by molar-refractivity contribution is 7.09. The second kappa shape index (κ2) is 4.38. The van der Waals surface area contributed by atoms with Crippen molar-refractivity contribution in [1.29, 1.82) is 0 Å². The van der Waals surface area contributed by atoms with E-state index in [2.05, 4.69) is 16.9 Å². The maximum absolute atomic E-state index is 5.82. The molecule has 0 aliphatic carbocycles. The minimum Gasteiger partial charge on any atom is -0.327 e. The van der Waals surface area contributed by atoms with E-state index in [1.807, 2.05) is 13.0 Å². The summed E-state index contributed by atoms with van der Waals surface area (Å²) in [6, 6.07) is 0.174. The van der Waals surface area contributed by atoms with E-state index in [1.165, 1.54) is 0 Å². The van der Waals surface area contributed by atoms with Crippen LogP contribution in [0.5, 0.6) is 0 Å². The molecule has 1 aromatic heterocycles. The highest BCUT2D eigenvalue weighted by atomic mass is 32.1. The molecule has 3 heteroatoms. The Morgan fingerprint density at radius 1 is 1.83 bits per heavy atom. The van der Waals surface area contributed by atoms with E-state index in [9.17, 15) is 0 Å². The van der Waals surface area contributed by atoms with Gasteiger partial charge in [-0.2, -0.15) is 0 Å². The summed E-state index contributed by atoms with van der Waals surface area (Å²) in [5, 5.41) is 3.18. The minimum absolute atomic E-state index is 0.174. The maximum atomic E-state index is 5.82. The van der Waals surface area contributed by atoms with Crippen molar-refractivity contribution in [2.45, 2.75) is 25.8 Å². The van der Waals surface area contributed by atoms with E-state index in [0.29, 0.717) is 0 Å². The molecule has 1 aromatic rings. The normalized spacial score (nSPS) is 12.8. The number of nitrogens with two attached hydrogens (primary N) is 1. The van der Waals surface area contributed by atoms with Crippen molar-refractivity contribution in [3.63, 3.8) is 0 Å². The first-order valence-corrected chi connectivity index (χ1v) is 4.88. The van der Waals surface area contributed by atoms with Crippen LogP contribution in [0.3, 0.4) is 0 Å². The summed E-state index contributed by atoms with van der Waals surface area (Å²) < 4.78 is 0. The first-order chi connectivity index (χ1) is 5.72. The van der Waals surface area contributed by atoms with Crippen LogP contribution < -0.4 is 5.73 Å². The molecular formula is C9H14N2S. The highest BCUT2D eigenvalue weighted by Gasteiger charge is 2.04. The van der Waals surface area contributed by atoms with Crippen LogP contribution in [0.15, 0.2) is 18.0 Å². The molecule has 2 nitrogen and oxygen atoms in total. The Labute approximate surface area is 77.1 Å². The first-order valence-electron chi connectivity index (χ1n) is 4.00. The third-order valence-electron chi connectivity index (χ3n) is 1.57. The molecule has 0 radical (unpaired) electrons. The molecule has 2 N–H and O–H groups in total. The lowest BCUT2D eigenvalue weighted by Gasteiger charge is -2.04. The maximum Gasteiger partial charge on any atom is 0.0943 e. The monoisotopic (exact) mass is 182 g/mol. The number of rotatable bonds is 4. The number of hydrogen-bond donors (Lipinski definition) is 1. The number of aryl methyl sites for hydroxylation is 1. The molecule has 66 valence electrons. The SMILES string of the molecule is C=CCC(N)Cc1nc(C)cs1. The summed E-state index contributed by atoms with van der Waals surface area (Å²) in [4.78, 5) is 4.34. The van der Waals surface area contributed by atoms with Crippen LogP contribution in [0.4, 0.5) is 0 Å². The zero-order valence-corrected chi connectivity index (χ0v) is 8.10. The Kier molecular flexibility index (Phi) is 3.44. The van der Waals surface area contributed by atoms with Crippen molar-refractivity contribution in [2.24, 2.45) is 5.73 Å². The van der Waals surface area contributed by atoms with E-state index < -0.39 is 0 Å². The van der Waals surface area contributed by atoms with Gasteiger partial charge in [-0.05, 0) is 13.3 Å². The predicted octanol–water partition coefficient (Wildman–Crippen LogP) is 1.90. The third-order valence-corrected chi connectivity index (χ3v) is 2.56. The summed E-state index contributed by atoms with van der Waals surface area (Å²) in [6.45, 7) is 5.65. The van der Waals surface area contributed by atoms with Gasteiger partial charge in [0.15, 0.2) is 0 Å². The van der Waals surface area contributed by atoms with E-state index in [0.717, 1.165) is 23.5 Å². The van der Waals surface area contributed by atoms with E-state index >= 15 is 0 Å². The fraction of sp³-hybridized carbons (Fsp3) is 0.444. The zero-order valence-electron chi connectivity index (χ0n) is 7.29. The lowest BCUT2D eigenvalue weighted by atomic mass is 10.1. The largest absolute Gasteiger partial charge is 0.327 e. The van der Waals surface area contributed by atoms with Gasteiger partial charge in [0.1, 0.15) is 0 Å². The standard InChI is InChI=1S/C9H14N2S/c1-3-4-8(10)5-9-11-7(2)6-12-9/h3,6,8H,1,4-5,10H2,2H3. The molecule has 0 amide bonds. The Bertz CT molecular complexity index is 255. The average Bonchev–Trinajstić information content (AvgIpc) is 2.36. The number of nitrogens with zero attached hydrogens (tertiary/aromatic N) is 1. The van der Waals surface area contributed by atoms with Crippen LogP contribution in [0.1, 0.15) is 17.1 Å². The fourth-order valence-electron chi connectivity index (χ4n) is 1.02. The van der Waals surface area contributed by atoms with E-state index in [4.69, 9.17) is 5.73 Å². The van der Waals surface area contributed by atoms with Crippen LogP contribution in [0, 0.1) is 6.92 Å². The van der Waals surface area contributed by atoms with Gasteiger partial charge < -0.3 is 5.73 Å². The quantitative estimate of drug-likeness (QED) is 0.722. The molecule has 0 fully saturated rings. The van der Waals surface area contributed by atoms with Gasteiger partial charge in [-0.25, -0.2) is 4.98 Å². The summed E-state index contributed by atoms with van der Waals surface area (Å²) in [5.74, 6) is 0. The van der Waals surface area contributed by atoms with Crippen LogP contribution in [-0.2, 0) is 6.42 Å². The lowest BCUT2D eigenvalue weighted by molar-refractivity contribution is 0.676. The Morgan fingerprint density at radius 2 is 2.58 bits per heavy atom. The molecule has 1 heterocycles. The molecule has 0 aromatic carbocycles. The number of hydrogen-bond acceptors (Lipinski definition) is 3. The minimum atomic E-state index is 0.174. The van der Waals surface area contributed by atoms with Crippen molar-refractivity contribution in [3.05, 3.63) is 28.7 Å². The van der Waals surface area contributed by atoms with E-state index in [-0.39, 0.29) is 6.04 Å². The molecule has 0 saturated heterocycles. The van der Waals surface area contributed by atoms with Crippen molar-refractivity contribution in [1.82, 2.24) is 4.98 Å². The molecule has 1 rings (SSSR count). The Balaban J connectivity index is 2.46. The summed E-state index contributed by atoms with van der Waals surface area (Å²) in [6.07, 6.45) is 3.58. The zero-order chi connectivity index (χ0) is 8.97. The number of aromatic nitrogens is 1. The fourth-order valence-corrected chi connectivity index (χ4v) is 1.88. The van der Waals surface area contributed by atoms with Gasteiger partial charge in [0.2, 0.25) is 0 Å². The van der Waals surface area contributed by atoms with Gasteiger partial charge in [0, 0.05) is 23.5 Å². The first kappa shape index (κ1) is 9.42. The second-order valence-corrected chi connectivity index (χ2v) is 3.81. The Hall–Kier alpha value is -0.670. The lowest BCUT2D eigenvalue weighted by Crippen LogP contribution is -2.21. The van der Waals surface area contributed by atoms with Gasteiger partial charge in [0.05, 0.1) is 5.01 Å². The molecule has 1 atom stereocenters. The molecule has 0 bridgehead atoms. The molecular weight excluding hydrogens is 168 g/mol. The van der Waals surface area contributed by atoms with Gasteiger partial charge in [-0.15, -0.1) is 17.9 Å². The molecule has 0 aliphatic rings. The third kappa shape index (κ3) is 2.75. The van der Waals surface area contributed by atoms with Crippen molar-refractivity contribution < 1.29 is 0 Å². The van der Waals surface area contributed by atoms with Gasteiger partial charge >= 0.3 is 0 Å². The van der Waals surface area contributed by atoms with Crippen LogP contribution in [-0.4, -0.2) is 11.0 Å². The smallest absolute Gasteiger partial charge is 0.0943 e. The number of thiazole rings is 1. The molecule has 1 unspecified atom stereocenters. The molecule has 0 saturated carbocycles. The molecule has 0 aliphatic heterocycles. The van der Waals surface area contributed by atoms with Crippen LogP contribution >= 0.6 is 11.3 Å². The van der Waals surface area contributed by atoms with E-state index in [1.54, 1.807) is 11.3 Å². The van der Waals surface area contributed by atoms with Crippen molar-refractivity contribution >= 4 is 11.3 Å². The summed E-state index contributed by atoms with van der Waals surface area (Å²) in [5.41, 5.74) is 6.90. The molecule has 0 spiro atoms. The molecule has 12 heavy (non-hydrogen) atoms. The van der Waals surface area contributed by atoms with Crippen LogP contribution in [0.25, 0.3) is 0 Å². The van der Waals surface area contributed by atoms with Crippen LogP contribution in [0.2, 0.25) is 0 Å². The van der Waals surface area contributed by atoms with Gasteiger partial charge in [-0.3, -0.25) is 0 Å². The topological polar surface area (TPSA) is 38.9 Å². The Morgan fingerprint density at radius 3 is 3.08 bits per heavy atom. The summed E-state index contributed by atoms with van der Waals surface area (Å²) >= 11 is 1.68. The van der Waals surface area contributed by atoms with Gasteiger partial charge in [0.25, 0.3) is 0 Å². The average molecular weight is 182 g/mol. The highest BCUT2D eigenvalue weighted by Crippen LogP contribution is 2.11. The predicted molar refractivity (Wildman–Crippen MR) is 53.3 cm³/mol. The summed E-state index contributed by atoms with van der Waals surface area (Å²) in [7, 11) is 0. The van der Waals surface area contributed by atoms with Gasteiger partial charge in [-0.1, -0.05) is 6.08 Å².